The maximum absolute atomic E-state index is 13.6. The van der Waals surface area contributed by atoms with E-state index in [0.29, 0.717) is 4.47 Å². The van der Waals surface area contributed by atoms with Crippen LogP contribution in [0.15, 0.2) is 51.8 Å². The van der Waals surface area contributed by atoms with Crippen molar-refractivity contribution in [3.05, 3.63) is 63.9 Å². The number of halogens is 2. The van der Waals surface area contributed by atoms with Crippen molar-refractivity contribution in [2.24, 2.45) is 0 Å². The second-order valence-corrected chi connectivity index (χ2v) is 7.57. The van der Waals surface area contributed by atoms with Crippen LogP contribution in [-0.2, 0) is 16.3 Å². The highest BCUT2D eigenvalue weighted by atomic mass is 79.9. The van der Waals surface area contributed by atoms with Gasteiger partial charge in [0.05, 0.1) is 4.90 Å². The monoisotopic (exact) mass is 370 g/mol. The van der Waals surface area contributed by atoms with Crippen molar-refractivity contribution in [1.29, 1.82) is 0 Å². The zero-order valence-electron chi connectivity index (χ0n) is 11.1. The molecule has 6 heteroatoms. The maximum Gasteiger partial charge on any atom is 0.175 e. The van der Waals surface area contributed by atoms with E-state index >= 15 is 0 Å². The third-order valence-corrected chi connectivity index (χ3v) is 4.55. The van der Waals surface area contributed by atoms with Crippen LogP contribution in [0, 0.1) is 5.82 Å². The van der Waals surface area contributed by atoms with Gasteiger partial charge in [0, 0.05) is 22.7 Å². The fourth-order valence-electron chi connectivity index (χ4n) is 1.85. The number of ketones is 1. The van der Waals surface area contributed by atoms with Gasteiger partial charge in [-0.15, -0.1) is 0 Å². The summed E-state index contributed by atoms with van der Waals surface area (Å²) < 4.78 is 37.3. The minimum atomic E-state index is -3.38. The summed E-state index contributed by atoms with van der Waals surface area (Å²) in [5.74, 6) is -0.802. The fourth-order valence-corrected chi connectivity index (χ4v) is 2.93. The number of carbonyl (C=O) groups is 1. The van der Waals surface area contributed by atoms with Crippen molar-refractivity contribution >= 4 is 31.6 Å². The van der Waals surface area contributed by atoms with Crippen molar-refractivity contribution < 1.29 is 17.6 Å². The van der Waals surface area contributed by atoms with Crippen LogP contribution in [0.5, 0.6) is 0 Å². The molecule has 0 unspecified atom stereocenters. The van der Waals surface area contributed by atoms with Crippen LogP contribution in [0.2, 0.25) is 0 Å². The Morgan fingerprint density at radius 2 is 1.90 bits per heavy atom. The van der Waals surface area contributed by atoms with Crippen molar-refractivity contribution in [2.75, 3.05) is 6.26 Å². The largest absolute Gasteiger partial charge is 0.294 e. The van der Waals surface area contributed by atoms with Crippen LogP contribution < -0.4 is 0 Å². The van der Waals surface area contributed by atoms with Gasteiger partial charge in [0.25, 0.3) is 0 Å². The lowest BCUT2D eigenvalue weighted by molar-refractivity contribution is 0.0991. The first-order valence-corrected chi connectivity index (χ1v) is 8.73. The number of carbonyl (C=O) groups excluding carboxylic acids is 1. The lowest BCUT2D eigenvalue weighted by Crippen LogP contribution is -2.07. The first-order valence-electron chi connectivity index (χ1n) is 6.04. The Morgan fingerprint density at radius 1 is 1.19 bits per heavy atom. The number of Topliss-reactive ketones (excluding diaryl/α,β-unsaturated/α-hetero) is 1. The van der Waals surface area contributed by atoms with Crippen LogP contribution in [0.1, 0.15) is 15.9 Å². The van der Waals surface area contributed by atoms with Crippen LogP contribution in [0.3, 0.4) is 0 Å². The molecule has 0 spiro atoms. The molecule has 0 atom stereocenters. The SMILES string of the molecule is CS(=O)(=O)c1cccc(C(=O)Cc2cc(Br)ccc2F)c1. The molecule has 21 heavy (non-hydrogen) atoms. The van der Waals surface area contributed by atoms with E-state index in [9.17, 15) is 17.6 Å². The molecule has 3 nitrogen and oxygen atoms in total. The number of hydrogen-bond donors (Lipinski definition) is 0. The Bertz CT molecular complexity index is 800. The Kier molecular flexibility index (Phi) is 4.58. The lowest BCUT2D eigenvalue weighted by Gasteiger charge is -2.05. The standard InChI is InChI=1S/C15H12BrFO3S/c1-21(19,20)13-4-2-3-10(8-13)15(18)9-11-7-12(16)5-6-14(11)17/h2-8H,9H2,1H3. The van der Waals surface area contributed by atoms with E-state index in [1.165, 1.54) is 36.4 Å². The van der Waals surface area contributed by atoms with Crippen LogP contribution in [-0.4, -0.2) is 20.5 Å². The Hall–Kier alpha value is -1.53. The second-order valence-electron chi connectivity index (χ2n) is 4.64. The summed E-state index contributed by atoms with van der Waals surface area (Å²) in [7, 11) is -3.38. The summed E-state index contributed by atoms with van der Waals surface area (Å²) in [5.41, 5.74) is 0.511. The zero-order chi connectivity index (χ0) is 15.6. The number of hydrogen-bond acceptors (Lipinski definition) is 3. The Labute approximate surface area is 130 Å². The van der Waals surface area contributed by atoms with E-state index in [1.807, 2.05) is 0 Å². The molecule has 110 valence electrons. The minimum absolute atomic E-state index is 0.0723. The van der Waals surface area contributed by atoms with Gasteiger partial charge in [0.15, 0.2) is 15.6 Å². The summed E-state index contributed by atoms with van der Waals surface area (Å²) in [4.78, 5) is 12.3. The van der Waals surface area contributed by atoms with Crippen molar-refractivity contribution in [3.8, 4) is 0 Å². The minimum Gasteiger partial charge on any atom is -0.294 e. The molecule has 0 amide bonds. The second kappa shape index (κ2) is 6.07. The molecule has 0 radical (unpaired) electrons. The molecule has 0 saturated heterocycles. The van der Waals surface area contributed by atoms with E-state index in [2.05, 4.69) is 15.9 Å². The topological polar surface area (TPSA) is 51.2 Å². The van der Waals surface area contributed by atoms with Gasteiger partial charge in [-0.05, 0) is 35.9 Å². The molecular weight excluding hydrogens is 359 g/mol. The van der Waals surface area contributed by atoms with Gasteiger partial charge in [-0.2, -0.15) is 0 Å². The first-order chi connectivity index (χ1) is 9.77. The average Bonchev–Trinajstić information content (AvgIpc) is 2.42. The van der Waals surface area contributed by atoms with Crippen molar-refractivity contribution in [3.63, 3.8) is 0 Å². The van der Waals surface area contributed by atoms with E-state index in [-0.39, 0.29) is 28.2 Å². The van der Waals surface area contributed by atoms with E-state index in [0.717, 1.165) is 6.26 Å². The predicted molar refractivity (Wildman–Crippen MR) is 81.7 cm³/mol. The molecule has 2 rings (SSSR count). The molecule has 0 aliphatic heterocycles. The smallest absolute Gasteiger partial charge is 0.175 e. The molecule has 0 fully saturated rings. The molecule has 0 aromatic heterocycles. The third kappa shape index (κ3) is 3.98. The molecule has 0 saturated carbocycles. The van der Waals surface area contributed by atoms with E-state index < -0.39 is 15.7 Å². The number of benzene rings is 2. The van der Waals surface area contributed by atoms with Crippen molar-refractivity contribution in [1.82, 2.24) is 0 Å². The van der Waals surface area contributed by atoms with Gasteiger partial charge in [0.1, 0.15) is 5.82 Å². The summed E-state index contributed by atoms with van der Waals surface area (Å²) in [5, 5.41) is 0. The third-order valence-electron chi connectivity index (χ3n) is 2.94. The lowest BCUT2D eigenvalue weighted by atomic mass is 10.0. The molecule has 0 N–H and O–H groups in total. The fraction of sp³-hybridized carbons (Fsp3) is 0.133. The van der Waals surface area contributed by atoms with Gasteiger partial charge in [-0.1, -0.05) is 28.1 Å². The molecule has 0 aliphatic rings. The van der Waals surface area contributed by atoms with Crippen LogP contribution in [0.4, 0.5) is 4.39 Å². The molecule has 0 bridgehead atoms. The van der Waals surface area contributed by atoms with Crippen LogP contribution in [0.25, 0.3) is 0 Å². The van der Waals surface area contributed by atoms with E-state index in [4.69, 9.17) is 0 Å². The van der Waals surface area contributed by atoms with Gasteiger partial charge < -0.3 is 0 Å². The maximum atomic E-state index is 13.6. The molecule has 2 aromatic rings. The van der Waals surface area contributed by atoms with E-state index in [1.54, 1.807) is 6.07 Å². The highest BCUT2D eigenvalue weighted by Gasteiger charge is 2.14. The number of sulfone groups is 1. The van der Waals surface area contributed by atoms with Gasteiger partial charge >= 0.3 is 0 Å². The highest BCUT2D eigenvalue weighted by Crippen LogP contribution is 2.19. The molecule has 0 heterocycles. The van der Waals surface area contributed by atoms with Gasteiger partial charge in [-0.25, -0.2) is 12.8 Å². The summed E-state index contributed by atoms with van der Waals surface area (Å²) in [6.07, 6.45) is 0.947. The Morgan fingerprint density at radius 3 is 2.57 bits per heavy atom. The Balaban J connectivity index is 2.31. The van der Waals surface area contributed by atoms with Gasteiger partial charge in [-0.3, -0.25) is 4.79 Å². The summed E-state index contributed by atoms with van der Waals surface area (Å²) in [6.45, 7) is 0. The predicted octanol–water partition coefficient (Wildman–Crippen LogP) is 3.42. The average molecular weight is 371 g/mol. The zero-order valence-corrected chi connectivity index (χ0v) is 13.5. The summed E-state index contributed by atoms with van der Waals surface area (Å²) >= 11 is 3.22. The quantitative estimate of drug-likeness (QED) is 0.774. The van der Waals surface area contributed by atoms with Gasteiger partial charge in [0.2, 0.25) is 0 Å². The molecule has 2 aromatic carbocycles. The molecular formula is C15H12BrFO3S. The molecule has 0 aliphatic carbocycles. The highest BCUT2D eigenvalue weighted by molar-refractivity contribution is 9.10. The summed E-state index contributed by atoms with van der Waals surface area (Å²) in [6, 6.07) is 10.1. The normalized spacial score (nSPS) is 11.4. The van der Waals surface area contributed by atoms with Crippen LogP contribution >= 0.6 is 15.9 Å². The first kappa shape index (κ1) is 15.9. The van der Waals surface area contributed by atoms with Crippen molar-refractivity contribution in [2.45, 2.75) is 11.3 Å². The number of rotatable bonds is 4.